The number of benzene rings is 2. The summed E-state index contributed by atoms with van der Waals surface area (Å²) in [6.45, 7) is 4.57. The van der Waals surface area contributed by atoms with Crippen molar-refractivity contribution in [2.24, 2.45) is 0 Å². The molecule has 2 amide bonds. The molecule has 2 aromatic carbocycles. The molecule has 0 radical (unpaired) electrons. The van der Waals surface area contributed by atoms with E-state index in [0.29, 0.717) is 6.54 Å². The highest BCUT2D eigenvalue weighted by Gasteiger charge is 2.41. The van der Waals surface area contributed by atoms with Gasteiger partial charge in [0.15, 0.2) is 0 Å². The summed E-state index contributed by atoms with van der Waals surface area (Å²) in [6.07, 6.45) is 2.08. The number of unbranched alkanes of at least 4 members (excludes halogenated alkanes) is 1. The smallest absolute Gasteiger partial charge is 0.318 e. The largest absolute Gasteiger partial charge is 0.458 e. The second-order valence-electron chi connectivity index (χ2n) is 6.54. The summed E-state index contributed by atoms with van der Waals surface area (Å²) in [6, 6.07) is 9.95. The predicted molar refractivity (Wildman–Crippen MR) is 108 cm³/mol. The maximum Gasteiger partial charge on any atom is 0.458 e. The number of nitrogens with one attached hydrogen (secondary N) is 1. The topological polar surface area (TPSA) is 67.9 Å². The molecule has 1 aliphatic heterocycles. The normalized spacial score (nSPS) is 15.1. The van der Waals surface area contributed by atoms with Gasteiger partial charge in [-0.25, -0.2) is 19.4 Å². The molecule has 1 aliphatic rings. The Kier molecular flexibility index (Phi) is 6.21. The Hall–Kier alpha value is -2.28. The van der Waals surface area contributed by atoms with Gasteiger partial charge in [0.05, 0.1) is 11.7 Å². The van der Waals surface area contributed by atoms with Crippen LogP contribution in [0.15, 0.2) is 34.8 Å². The first kappa shape index (κ1) is 19.5. The number of carbonyl (C=O) groups excluding carboxylic acids is 2. The third-order valence-electron chi connectivity index (χ3n) is 4.64. The molecule has 1 N–H and O–H groups in total. The van der Waals surface area contributed by atoms with Crippen molar-refractivity contribution in [3.05, 3.63) is 40.4 Å². The molecule has 0 bridgehead atoms. The van der Waals surface area contributed by atoms with Crippen LogP contribution in [0, 0.1) is 0 Å². The van der Waals surface area contributed by atoms with Crippen molar-refractivity contribution in [2.45, 2.75) is 45.6 Å². The molecule has 1 heterocycles. The molecular formula is C20H23BrN2O4. The fraction of sp³-hybridized carbons (Fsp3) is 0.400. The second kappa shape index (κ2) is 8.61. The van der Waals surface area contributed by atoms with Gasteiger partial charge in [-0.1, -0.05) is 60.8 Å². The molecule has 144 valence electrons. The molecule has 1 unspecified atom stereocenters. The Morgan fingerprint density at radius 1 is 1.15 bits per heavy atom. The highest BCUT2D eigenvalue weighted by Crippen LogP contribution is 2.50. The number of amides is 2. The highest BCUT2D eigenvalue weighted by atomic mass is 79.9. The summed E-state index contributed by atoms with van der Waals surface area (Å²) in [7, 11) is 0. The monoisotopic (exact) mass is 434 g/mol. The van der Waals surface area contributed by atoms with Crippen LogP contribution in [0.4, 0.5) is 15.3 Å². The highest BCUT2D eigenvalue weighted by molar-refractivity contribution is 9.10. The van der Waals surface area contributed by atoms with Gasteiger partial charge in [0.2, 0.25) is 0 Å². The van der Waals surface area contributed by atoms with Crippen LogP contribution in [0.1, 0.15) is 51.1 Å². The number of hydrogen-bond acceptors (Lipinski definition) is 4. The molecular weight excluding hydrogens is 412 g/mol. The zero-order valence-corrected chi connectivity index (χ0v) is 17.0. The lowest BCUT2D eigenvalue weighted by Crippen LogP contribution is -2.44. The Morgan fingerprint density at radius 2 is 1.96 bits per heavy atom. The molecule has 6 nitrogen and oxygen atoms in total. The first-order chi connectivity index (χ1) is 13.1. The second-order valence-corrected chi connectivity index (χ2v) is 7.46. The fourth-order valence-corrected chi connectivity index (χ4v) is 3.73. The minimum absolute atomic E-state index is 0.0719. The number of hydrogen-bond donors (Lipinski definition) is 1. The number of carbonyl (C=O) groups is 2. The van der Waals surface area contributed by atoms with E-state index >= 15 is 0 Å². The van der Waals surface area contributed by atoms with Crippen molar-refractivity contribution in [3.63, 3.8) is 0 Å². The van der Waals surface area contributed by atoms with Gasteiger partial charge in [-0.15, -0.1) is 0 Å². The Morgan fingerprint density at radius 3 is 2.70 bits per heavy atom. The molecule has 3 rings (SSSR count). The molecule has 0 fully saturated rings. The number of rotatable bonds is 5. The summed E-state index contributed by atoms with van der Waals surface area (Å²) in [5, 5.41) is 4.53. The van der Waals surface area contributed by atoms with Crippen molar-refractivity contribution in [2.75, 3.05) is 11.4 Å². The van der Waals surface area contributed by atoms with Gasteiger partial charge >= 0.3 is 12.2 Å². The predicted octanol–water partition coefficient (Wildman–Crippen LogP) is 5.84. The molecule has 2 aromatic rings. The summed E-state index contributed by atoms with van der Waals surface area (Å²) >= 11 is 3.47. The molecule has 0 saturated heterocycles. The van der Waals surface area contributed by atoms with E-state index in [-0.39, 0.29) is 6.04 Å². The average Bonchev–Trinajstić information content (AvgIpc) is 2.64. The Balaban J connectivity index is 1.77. The lowest BCUT2D eigenvalue weighted by Gasteiger charge is -2.42. The van der Waals surface area contributed by atoms with Crippen molar-refractivity contribution in [1.29, 1.82) is 0 Å². The van der Waals surface area contributed by atoms with Gasteiger partial charge in [-0.3, -0.25) is 4.90 Å². The van der Waals surface area contributed by atoms with Crippen LogP contribution in [-0.2, 0) is 9.78 Å². The average molecular weight is 435 g/mol. The summed E-state index contributed by atoms with van der Waals surface area (Å²) in [5.74, 6) is 0. The summed E-state index contributed by atoms with van der Waals surface area (Å²) in [4.78, 5) is 35.2. The van der Waals surface area contributed by atoms with Crippen LogP contribution in [0.25, 0.3) is 10.8 Å². The van der Waals surface area contributed by atoms with E-state index in [1.807, 2.05) is 31.2 Å². The quantitative estimate of drug-likeness (QED) is 0.364. The maximum absolute atomic E-state index is 12.6. The zero-order valence-electron chi connectivity index (χ0n) is 15.5. The van der Waals surface area contributed by atoms with Crippen LogP contribution < -0.4 is 10.2 Å². The van der Waals surface area contributed by atoms with E-state index in [0.717, 1.165) is 52.2 Å². The molecule has 0 saturated carbocycles. The lowest BCUT2D eigenvalue weighted by atomic mass is 9.87. The SMILES string of the molecule is CCCCNC(=O)OOC(=O)N1c2c(ccc3cc(Br)ccc23)C1CCC. The summed E-state index contributed by atoms with van der Waals surface area (Å²) in [5.41, 5.74) is 1.93. The van der Waals surface area contributed by atoms with Gasteiger partial charge in [-0.2, -0.15) is 0 Å². The van der Waals surface area contributed by atoms with Crippen LogP contribution >= 0.6 is 15.9 Å². The third-order valence-corrected chi connectivity index (χ3v) is 5.14. The minimum atomic E-state index is -0.758. The van der Waals surface area contributed by atoms with Crippen LogP contribution in [-0.4, -0.2) is 18.7 Å². The van der Waals surface area contributed by atoms with E-state index < -0.39 is 12.2 Å². The van der Waals surface area contributed by atoms with Crippen molar-refractivity contribution in [1.82, 2.24) is 5.32 Å². The van der Waals surface area contributed by atoms with Crippen LogP contribution in [0.2, 0.25) is 0 Å². The van der Waals surface area contributed by atoms with Gasteiger partial charge < -0.3 is 5.32 Å². The molecule has 0 spiro atoms. The standard InChI is InChI=1S/C20H23BrN2O4/c1-3-5-11-22-19(24)26-27-20(25)23-17(6-4-2)16-9-7-13-12-14(21)8-10-15(13)18(16)23/h7-10,12,17H,3-6,11H2,1-2H3,(H,22,24). The first-order valence-electron chi connectivity index (χ1n) is 9.24. The number of nitrogens with zero attached hydrogens (tertiary/aromatic N) is 1. The maximum atomic E-state index is 12.6. The Bertz CT molecular complexity index is 855. The van der Waals surface area contributed by atoms with Crippen LogP contribution in [0.3, 0.4) is 0 Å². The van der Waals surface area contributed by atoms with Crippen molar-refractivity contribution >= 4 is 44.6 Å². The number of fused-ring (bicyclic) bond motifs is 3. The van der Waals surface area contributed by atoms with E-state index in [1.165, 1.54) is 0 Å². The van der Waals surface area contributed by atoms with Gasteiger partial charge in [-0.05, 0) is 35.9 Å². The Labute approximate surface area is 166 Å². The summed E-state index contributed by atoms with van der Waals surface area (Å²) < 4.78 is 0.973. The van der Waals surface area contributed by atoms with Crippen molar-refractivity contribution < 1.29 is 19.4 Å². The first-order valence-corrected chi connectivity index (χ1v) is 10.0. The van der Waals surface area contributed by atoms with Gasteiger partial charge in [0, 0.05) is 16.4 Å². The van der Waals surface area contributed by atoms with Crippen LogP contribution in [0.5, 0.6) is 0 Å². The van der Waals surface area contributed by atoms with E-state index in [9.17, 15) is 9.59 Å². The fourth-order valence-electron chi connectivity index (χ4n) is 3.35. The number of halogens is 1. The molecule has 1 atom stereocenters. The zero-order chi connectivity index (χ0) is 19.4. The third kappa shape index (κ3) is 4.03. The number of anilines is 1. The molecule has 7 heteroatoms. The molecule has 0 aromatic heterocycles. The van der Waals surface area contributed by atoms with Gasteiger partial charge in [0.25, 0.3) is 0 Å². The molecule has 27 heavy (non-hydrogen) atoms. The van der Waals surface area contributed by atoms with E-state index in [4.69, 9.17) is 4.89 Å². The van der Waals surface area contributed by atoms with E-state index in [2.05, 4.69) is 39.1 Å². The van der Waals surface area contributed by atoms with Crippen molar-refractivity contribution in [3.8, 4) is 0 Å². The lowest BCUT2D eigenvalue weighted by molar-refractivity contribution is -0.177. The van der Waals surface area contributed by atoms with E-state index in [1.54, 1.807) is 4.90 Å². The molecule has 0 aliphatic carbocycles. The van der Waals surface area contributed by atoms with Gasteiger partial charge in [0.1, 0.15) is 0 Å². The minimum Gasteiger partial charge on any atom is -0.318 e.